The summed E-state index contributed by atoms with van der Waals surface area (Å²) >= 11 is 13.1. The summed E-state index contributed by atoms with van der Waals surface area (Å²) in [5.41, 5.74) is 1.93. The molecule has 0 aliphatic carbocycles. The molecule has 0 fully saturated rings. The molecule has 0 atom stereocenters. The molecule has 4 rings (SSSR count). The van der Waals surface area contributed by atoms with Crippen LogP contribution in [0.4, 0.5) is 5.95 Å². The number of halogens is 2. The van der Waals surface area contributed by atoms with Crippen LogP contribution in [0.2, 0.25) is 10.2 Å². The summed E-state index contributed by atoms with van der Waals surface area (Å²) in [6.07, 6.45) is 0. The molecule has 0 bridgehead atoms. The molecule has 4 aromatic rings. The van der Waals surface area contributed by atoms with Gasteiger partial charge in [0.05, 0.1) is 15.9 Å². The van der Waals surface area contributed by atoms with Crippen molar-refractivity contribution in [2.75, 3.05) is 19.0 Å². The van der Waals surface area contributed by atoms with Crippen molar-refractivity contribution >= 4 is 51.1 Å². The number of hydrogen-bond acceptors (Lipinski definition) is 5. The molecule has 3 heterocycles. The zero-order valence-corrected chi connectivity index (χ0v) is 16.7. The van der Waals surface area contributed by atoms with Crippen molar-refractivity contribution in [2.24, 2.45) is 7.05 Å². The smallest absolute Gasteiger partial charge is 0.266 e. The number of hydrogen-bond donors (Lipinski definition) is 1. The Bertz CT molecular complexity index is 1250. The van der Waals surface area contributed by atoms with E-state index in [1.807, 2.05) is 27.1 Å². The molecule has 3 aromatic heterocycles. The van der Waals surface area contributed by atoms with Gasteiger partial charge in [0, 0.05) is 33.3 Å². The number of anilines is 1. The predicted octanol–water partition coefficient (Wildman–Crippen LogP) is 3.07. The topological polar surface area (TPSA) is 84.6 Å². The number of rotatable bonds is 3. The van der Waals surface area contributed by atoms with Crippen LogP contribution < -0.4 is 10.5 Å². The Hall–Kier alpha value is -2.58. The zero-order valence-electron chi connectivity index (χ0n) is 15.2. The van der Waals surface area contributed by atoms with Gasteiger partial charge in [-0.25, -0.2) is 0 Å². The van der Waals surface area contributed by atoms with E-state index in [9.17, 15) is 4.79 Å². The zero-order chi connectivity index (χ0) is 19.5. The van der Waals surface area contributed by atoms with Crippen LogP contribution in [0.5, 0.6) is 0 Å². The van der Waals surface area contributed by atoms with Gasteiger partial charge in [0.1, 0.15) is 16.2 Å². The molecule has 8 nitrogen and oxygen atoms in total. The van der Waals surface area contributed by atoms with Gasteiger partial charge in [-0.1, -0.05) is 23.2 Å². The average Bonchev–Trinajstić information content (AvgIpc) is 3.19. The van der Waals surface area contributed by atoms with Crippen LogP contribution in [0.3, 0.4) is 0 Å². The molecule has 10 heteroatoms. The van der Waals surface area contributed by atoms with Gasteiger partial charge in [0.25, 0.3) is 5.56 Å². The highest BCUT2D eigenvalue weighted by atomic mass is 35.5. The first-order valence-corrected chi connectivity index (χ1v) is 9.08. The van der Waals surface area contributed by atoms with E-state index in [4.69, 9.17) is 23.2 Å². The maximum atomic E-state index is 13.0. The molecule has 0 spiro atoms. The average molecular weight is 406 g/mol. The van der Waals surface area contributed by atoms with Gasteiger partial charge in [-0.15, -0.1) is 0 Å². The fraction of sp³-hybridized carbons (Fsp3) is 0.294. The van der Waals surface area contributed by atoms with Crippen molar-refractivity contribution in [1.29, 1.82) is 0 Å². The van der Waals surface area contributed by atoms with Gasteiger partial charge in [-0.05, 0) is 19.1 Å². The summed E-state index contributed by atoms with van der Waals surface area (Å²) in [4.78, 5) is 19.2. The third-order valence-corrected chi connectivity index (χ3v) is 5.29. The van der Waals surface area contributed by atoms with Crippen molar-refractivity contribution in [3.8, 4) is 11.3 Å². The van der Waals surface area contributed by atoms with E-state index in [1.165, 1.54) is 4.57 Å². The van der Waals surface area contributed by atoms with Gasteiger partial charge in [0.2, 0.25) is 5.95 Å². The predicted molar refractivity (Wildman–Crippen MR) is 108 cm³/mol. The molecule has 140 valence electrons. The quantitative estimate of drug-likeness (QED) is 0.565. The molecule has 0 aliphatic heterocycles. The van der Waals surface area contributed by atoms with Crippen molar-refractivity contribution in [3.05, 3.63) is 32.7 Å². The number of benzene rings is 1. The van der Waals surface area contributed by atoms with E-state index in [0.717, 1.165) is 0 Å². The molecule has 0 saturated carbocycles. The highest BCUT2D eigenvalue weighted by molar-refractivity contribution is 6.43. The maximum absolute atomic E-state index is 13.0. The summed E-state index contributed by atoms with van der Waals surface area (Å²) in [7, 11) is 5.32. The molecule has 0 saturated heterocycles. The molecular weight excluding hydrogens is 389 g/mol. The van der Waals surface area contributed by atoms with Gasteiger partial charge in [-0.3, -0.25) is 19.1 Å². The Kier molecular flexibility index (Phi) is 4.12. The molecular formula is C17H17Cl2N7O. The number of aromatic amines is 1. The third-order valence-electron chi connectivity index (χ3n) is 4.51. The van der Waals surface area contributed by atoms with Crippen molar-refractivity contribution in [3.63, 3.8) is 0 Å². The minimum absolute atomic E-state index is 0.209. The lowest BCUT2D eigenvalue weighted by molar-refractivity contribution is 0.669. The van der Waals surface area contributed by atoms with E-state index in [1.54, 1.807) is 22.7 Å². The lowest BCUT2D eigenvalue weighted by Gasteiger charge is -2.14. The van der Waals surface area contributed by atoms with E-state index in [0.29, 0.717) is 55.9 Å². The Morgan fingerprint density at radius 2 is 1.96 bits per heavy atom. The first-order valence-electron chi connectivity index (χ1n) is 8.32. The van der Waals surface area contributed by atoms with Crippen LogP contribution in [0.25, 0.3) is 33.2 Å². The Morgan fingerprint density at radius 1 is 1.22 bits per heavy atom. The number of nitrogens with zero attached hydrogens (tertiary/aromatic N) is 6. The van der Waals surface area contributed by atoms with Crippen molar-refractivity contribution in [2.45, 2.75) is 13.5 Å². The highest BCUT2D eigenvalue weighted by Gasteiger charge is 2.22. The Morgan fingerprint density at radius 3 is 2.63 bits per heavy atom. The molecule has 1 aromatic carbocycles. The summed E-state index contributed by atoms with van der Waals surface area (Å²) in [6.45, 7) is 2.58. The fourth-order valence-electron chi connectivity index (χ4n) is 3.19. The minimum atomic E-state index is -0.209. The lowest BCUT2D eigenvalue weighted by Crippen LogP contribution is -2.26. The van der Waals surface area contributed by atoms with E-state index in [2.05, 4.69) is 20.3 Å². The normalized spacial score (nSPS) is 11.6. The number of aromatic nitrogens is 6. The van der Waals surface area contributed by atoms with Crippen LogP contribution in [-0.2, 0) is 13.6 Å². The van der Waals surface area contributed by atoms with Gasteiger partial charge in [0.15, 0.2) is 5.65 Å². The standard InChI is InChI=1S/C17H17Cl2N7O/c1-5-26-14(19)10-9(23-26)7-6-8(12(10)18)13-11-15(22-21-13)20-17(24(2)3)25(4)16(11)27/h6-7H,5H2,1-4H3,(H,21,22). The maximum Gasteiger partial charge on any atom is 0.266 e. The molecule has 27 heavy (non-hydrogen) atoms. The van der Waals surface area contributed by atoms with E-state index < -0.39 is 0 Å². The number of aryl methyl sites for hydroxylation is 1. The molecule has 0 aliphatic rings. The SMILES string of the molecule is CCn1nc2ccc(-c3n[nH]c4nc(N(C)C)n(C)c(=O)c34)c(Cl)c2c1Cl. The van der Waals surface area contributed by atoms with Crippen LogP contribution in [0, 0.1) is 0 Å². The van der Waals surface area contributed by atoms with E-state index >= 15 is 0 Å². The summed E-state index contributed by atoms with van der Waals surface area (Å²) in [5.74, 6) is 0.525. The number of nitrogens with one attached hydrogen (secondary N) is 1. The third kappa shape index (κ3) is 2.51. The molecule has 1 N–H and O–H groups in total. The van der Waals surface area contributed by atoms with Crippen LogP contribution in [-0.4, -0.2) is 43.6 Å². The largest absolute Gasteiger partial charge is 0.348 e. The summed E-state index contributed by atoms with van der Waals surface area (Å²) < 4.78 is 3.16. The highest BCUT2D eigenvalue weighted by Crippen LogP contribution is 2.38. The van der Waals surface area contributed by atoms with Crippen LogP contribution in [0.1, 0.15) is 6.92 Å². The first kappa shape index (κ1) is 17.8. The Balaban J connectivity index is 2.03. The molecule has 0 amide bonds. The number of H-pyrrole nitrogens is 1. The van der Waals surface area contributed by atoms with Gasteiger partial charge in [-0.2, -0.15) is 15.2 Å². The number of fused-ring (bicyclic) bond motifs is 2. The second-order valence-electron chi connectivity index (χ2n) is 6.39. The van der Waals surface area contributed by atoms with Gasteiger partial charge >= 0.3 is 0 Å². The van der Waals surface area contributed by atoms with Crippen LogP contribution in [0.15, 0.2) is 16.9 Å². The minimum Gasteiger partial charge on any atom is -0.348 e. The fourth-order valence-corrected chi connectivity index (χ4v) is 3.92. The van der Waals surface area contributed by atoms with Crippen LogP contribution >= 0.6 is 23.2 Å². The molecule has 0 radical (unpaired) electrons. The summed E-state index contributed by atoms with van der Waals surface area (Å²) in [6, 6.07) is 3.62. The molecule has 0 unspecified atom stereocenters. The second-order valence-corrected chi connectivity index (χ2v) is 7.13. The monoisotopic (exact) mass is 405 g/mol. The Labute approximate surface area is 164 Å². The van der Waals surface area contributed by atoms with Crippen molar-refractivity contribution in [1.82, 2.24) is 29.5 Å². The first-order chi connectivity index (χ1) is 12.8. The van der Waals surface area contributed by atoms with Crippen molar-refractivity contribution < 1.29 is 0 Å². The van der Waals surface area contributed by atoms with E-state index in [-0.39, 0.29) is 5.56 Å². The second kappa shape index (κ2) is 6.24. The lowest BCUT2D eigenvalue weighted by atomic mass is 10.1. The van der Waals surface area contributed by atoms with Gasteiger partial charge < -0.3 is 4.90 Å². The summed E-state index contributed by atoms with van der Waals surface area (Å²) in [5, 5.41) is 13.5.